The molecule has 1 aliphatic carbocycles. The molecule has 2 saturated heterocycles. The molecule has 0 unspecified atom stereocenters. The first-order valence-electron chi connectivity index (χ1n) is 11.2. The van der Waals surface area contributed by atoms with E-state index in [0.29, 0.717) is 24.0 Å². The number of rotatable bonds is 4. The van der Waals surface area contributed by atoms with Crippen molar-refractivity contribution in [1.82, 2.24) is 4.90 Å². The first-order chi connectivity index (χ1) is 16.0. The molecule has 1 saturated carbocycles. The number of carbonyl (C=O) groups is 3. The number of esters is 2. The summed E-state index contributed by atoms with van der Waals surface area (Å²) in [4.78, 5) is 39.4. The van der Waals surface area contributed by atoms with Crippen molar-refractivity contribution in [3.8, 4) is 0 Å². The third-order valence-electron chi connectivity index (χ3n) is 6.98. The van der Waals surface area contributed by atoms with Crippen LogP contribution in [0.25, 0.3) is 0 Å². The minimum absolute atomic E-state index is 0.180. The van der Waals surface area contributed by atoms with Crippen molar-refractivity contribution in [3.05, 3.63) is 71.8 Å². The average molecular weight is 451 g/mol. The van der Waals surface area contributed by atoms with Crippen LogP contribution in [0.2, 0.25) is 0 Å². The zero-order valence-electron chi connectivity index (χ0n) is 18.0. The van der Waals surface area contributed by atoms with Gasteiger partial charge in [-0.1, -0.05) is 36.4 Å². The van der Waals surface area contributed by atoms with Gasteiger partial charge in [0.25, 0.3) is 0 Å². The summed E-state index contributed by atoms with van der Waals surface area (Å²) in [6.07, 6.45) is -1.21. The van der Waals surface area contributed by atoms with Gasteiger partial charge in [-0.15, -0.1) is 0 Å². The van der Waals surface area contributed by atoms with Crippen molar-refractivity contribution in [2.45, 2.75) is 43.1 Å². The summed E-state index contributed by atoms with van der Waals surface area (Å²) >= 11 is 0. The maximum absolute atomic E-state index is 12.9. The van der Waals surface area contributed by atoms with Crippen molar-refractivity contribution < 1.29 is 33.7 Å². The predicted octanol–water partition coefficient (Wildman–Crippen LogP) is 2.80. The minimum Gasteiger partial charge on any atom is -0.455 e. The van der Waals surface area contributed by atoms with E-state index in [-0.39, 0.29) is 31.5 Å². The van der Waals surface area contributed by atoms with Crippen LogP contribution < -0.4 is 0 Å². The molecule has 0 bridgehead atoms. The molecule has 3 aliphatic rings. The van der Waals surface area contributed by atoms with Crippen LogP contribution in [-0.4, -0.2) is 65.0 Å². The standard InChI is InChI=1S/C25H25NO7/c27-22(16-7-3-1-4-8-16)32-20-12-11-18-19-15-31-24(29)26(19)14-13-25(18,30)21(20)33-23(28)17-9-5-2-6-10-17/h1-10,18-21,30H,11-15H2/t18-,19-,20+,21+,25-/m1/s1. The number of nitrogens with zero attached hydrogens (tertiary/aromatic N) is 1. The molecule has 172 valence electrons. The number of hydrogen-bond acceptors (Lipinski definition) is 7. The molecule has 2 aliphatic heterocycles. The fourth-order valence-electron chi connectivity index (χ4n) is 5.32. The second kappa shape index (κ2) is 8.51. The molecule has 5 atom stereocenters. The molecule has 5 rings (SSSR count). The number of hydrogen-bond donors (Lipinski definition) is 1. The van der Waals surface area contributed by atoms with E-state index in [1.165, 1.54) is 0 Å². The number of benzene rings is 2. The quantitative estimate of drug-likeness (QED) is 0.563. The van der Waals surface area contributed by atoms with Crippen LogP contribution >= 0.6 is 0 Å². The summed E-state index contributed by atoms with van der Waals surface area (Å²) in [7, 11) is 0. The number of aliphatic hydroxyl groups is 1. The van der Waals surface area contributed by atoms with Gasteiger partial charge in [0.2, 0.25) is 0 Å². The molecule has 33 heavy (non-hydrogen) atoms. The highest BCUT2D eigenvalue weighted by atomic mass is 16.6. The van der Waals surface area contributed by atoms with Crippen LogP contribution in [-0.2, 0) is 14.2 Å². The molecule has 1 N–H and O–H groups in total. The van der Waals surface area contributed by atoms with Gasteiger partial charge in [0, 0.05) is 12.5 Å². The van der Waals surface area contributed by atoms with Crippen LogP contribution in [0.5, 0.6) is 0 Å². The molecule has 0 radical (unpaired) electrons. The van der Waals surface area contributed by atoms with Gasteiger partial charge in [0.05, 0.1) is 17.2 Å². The normalized spacial score (nSPS) is 30.6. The Labute approximate surface area is 191 Å². The molecule has 8 heteroatoms. The minimum atomic E-state index is -1.46. The first-order valence-corrected chi connectivity index (χ1v) is 11.2. The van der Waals surface area contributed by atoms with Crippen LogP contribution in [0.15, 0.2) is 60.7 Å². The summed E-state index contributed by atoms with van der Waals surface area (Å²) in [5.41, 5.74) is -0.739. The number of carbonyl (C=O) groups excluding carboxylic acids is 3. The van der Waals surface area contributed by atoms with E-state index in [1.807, 2.05) is 0 Å². The van der Waals surface area contributed by atoms with Gasteiger partial charge < -0.3 is 24.2 Å². The Morgan fingerprint density at radius 3 is 2.18 bits per heavy atom. The van der Waals surface area contributed by atoms with E-state index in [0.717, 1.165) is 0 Å². The lowest BCUT2D eigenvalue weighted by atomic mass is 9.65. The third kappa shape index (κ3) is 3.84. The van der Waals surface area contributed by atoms with Gasteiger partial charge in [-0.05, 0) is 43.5 Å². The summed E-state index contributed by atoms with van der Waals surface area (Å²) in [6.45, 7) is 0.453. The second-order valence-corrected chi connectivity index (χ2v) is 8.76. The third-order valence-corrected chi connectivity index (χ3v) is 6.98. The van der Waals surface area contributed by atoms with Gasteiger partial charge in [-0.25, -0.2) is 14.4 Å². The topological polar surface area (TPSA) is 102 Å². The molecule has 3 fully saturated rings. The van der Waals surface area contributed by atoms with Crippen LogP contribution in [0.1, 0.15) is 40.0 Å². The Hall–Kier alpha value is -3.39. The van der Waals surface area contributed by atoms with Crippen molar-refractivity contribution in [2.24, 2.45) is 5.92 Å². The molecule has 0 aromatic heterocycles. The number of ether oxygens (including phenoxy) is 3. The van der Waals surface area contributed by atoms with E-state index in [2.05, 4.69) is 0 Å². The molecule has 8 nitrogen and oxygen atoms in total. The fraction of sp³-hybridized carbons (Fsp3) is 0.400. The van der Waals surface area contributed by atoms with Crippen LogP contribution in [0.4, 0.5) is 4.79 Å². The van der Waals surface area contributed by atoms with E-state index >= 15 is 0 Å². The molecule has 2 heterocycles. The zero-order chi connectivity index (χ0) is 23.0. The average Bonchev–Trinajstić information content (AvgIpc) is 3.22. The molecule has 1 amide bonds. The smallest absolute Gasteiger partial charge is 0.410 e. The fourth-order valence-corrected chi connectivity index (χ4v) is 5.32. The van der Waals surface area contributed by atoms with Gasteiger partial charge in [-0.2, -0.15) is 0 Å². The monoisotopic (exact) mass is 451 g/mol. The van der Waals surface area contributed by atoms with Crippen molar-refractivity contribution in [2.75, 3.05) is 13.2 Å². The molecule has 2 aromatic rings. The second-order valence-electron chi connectivity index (χ2n) is 8.76. The summed E-state index contributed by atoms with van der Waals surface area (Å²) in [6, 6.07) is 16.8. The van der Waals surface area contributed by atoms with E-state index < -0.39 is 35.8 Å². The Morgan fingerprint density at radius 1 is 0.939 bits per heavy atom. The number of amides is 1. The maximum atomic E-state index is 12.9. The van der Waals surface area contributed by atoms with Gasteiger partial charge in [0.15, 0.2) is 6.10 Å². The van der Waals surface area contributed by atoms with Crippen molar-refractivity contribution >= 4 is 18.0 Å². The largest absolute Gasteiger partial charge is 0.455 e. The van der Waals surface area contributed by atoms with Crippen molar-refractivity contribution in [3.63, 3.8) is 0 Å². The van der Waals surface area contributed by atoms with Gasteiger partial charge >= 0.3 is 18.0 Å². The van der Waals surface area contributed by atoms with E-state index in [1.54, 1.807) is 65.6 Å². The predicted molar refractivity (Wildman–Crippen MR) is 115 cm³/mol. The Morgan fingerprint density at radius 2 is 1.55 bits per heavy atom. The highest BCUT2D eigenvalue weighted by Crippen LogP contribution is 2.47. The highest BCUT2D eigenvalue weighted by Gasteiger charge is 2.61. The first kappa shape index (κ1) is 21.5. The summed E-state index contributed by atoms with van der Waals surface area (Å²) < 4.78 is 16.9. The Balaban J connectivity index is 1.44. The summed E-state index contributed by atoms with van der Waals surface area (Å²) in [5, 5.41) is 11.9. The SMILES string of the molecule is O=C(O[C@H]1CC[C@@H]2[C@H]3COC(=O)N3CC[C@]2(O)[C@H]1OC(=O)c1ccccc1)c1ccccc1. The molecule has 0 spiro atoms. The highest BCUT2D eigenvalue weighted by molar-refractivity contribution is 5.90. The lowest BCUT2D eigenvalue weighted by molar-refractivity contribution is -0.207. The Kier molecular flexibility index (Phi) is 5.54. The van der Waals surface area contributed by atoms with E-state index in [9.17, 15) is 19.5 Å². The van der Waals surface area contributed by atoms with Gasteiger partial charge in [0.1, 0.15) is 18.3 Å². The molecule has 2 aromatic carbocycles. The molecular weight excluding hydrogens is 426 g/mol. The zero-order valence-corrected chi connectivity index (χ0v) is 18.0. The lowest BCUT2D eigenvalue weighted by Crippen LogP contribution is -2.68. The number of fused-ring (bicyclic) bond motifs is 3. The summed E-state index contributed by atoms with van der Waals surface area (Å²) in [5.74, 6) is -1.50. The van der Waals surface area contributed by atoms with Crippen molar-refractivity contribution in [1.29, 1.82) is 0 Å². The lowest BCUT2D eigenvalue weighted by Gasteiger charge is -2.53. The van der Waals surface area contributed by atoms with Crippen LogP contribution in [0.3, 0.4) is 0 Å². The van der Waals surface area contributed by atoms with Gasteiger partial charge in [-0.3, -0.25) is 0 Å². The maximum Gasteiger partial charge on any atom is 0.410 e. The Bertz CT molecular complexity index is 1040. The molecular formula is C25H25NO7. The van der Waals surface area contributed by atoms with E-state index in [4.69, 9.17) is 14.2 Å². The van der Waals surface area contributed by atoms with Crippen LogP contribution in [0, 0.1) is 5.92 Å². The number of cyclic esters (lactones) is 1. The number of piperidine rings is 1.